The Morgan fingerprint density at radius 1 is 1.15 bits per heavy atom. The minimum Gasteiger partial charge on any atom is -0.489 e. The molecule has 0 atom stereocenters. The van der Waals surface area contributed by atoms with E-state index in [0.29, 0.717) is 6.61 Å². The highest BCUT2D eigenvalue weighted by atomic mass is 79.9. The van der Waals surface area contributed by atoms with Crippen molar-refractivity contribution in [1.82, 2.24) is 5.32 Å². The molecule has 0 bridgehead atoms. The normalized spacial score (nSPS) is 10.6. The SMILES string of the molecule is CCNCc1cc(OCc2ccccc2Cl)ccc1Br. The van der Waals surface area contributed by atoms with Crippen molar-refractivity contribution in [3.8, 4) is 5.75 Å². The molecule has 0 radical (unpaired) electrons. The van der Waals surface area contributed by atoms with Crippen LogP contribution in [0.15, 0.2) is 46.9 Å². The van der Waals surface area contributed by atoms with Crippen LogP contribution in [0.2, 0.25) is 5.02 Å². The molecular weight excluding hydrogens is 338 g/mol. The van der Waals surface area contributed by atoms with Crippen molar-refractivity contribution < 1.29 is 4.74 Å². The maximum absolute atomic E-state index is 6.12. The van der Waals surface area contributed by atoms with E-state index in [-0.39, 0.29) is 0 Å². The number of hydrogen-bond donors (Lipinski definition) is 1. The molecule has 2 aromatic rings. The first-order chi connectivity index (χ1) is 9.70. The zero-order chi connectivity index (χ0) is 14.4. The predicted octanol–water partition coefficient (Wildman–Crippen LogP) is 4.79. The smallest absolute Gasteiger partial charge is 0.120 e. The number of nitrogens with one attached hydrogen (secondary N) is 1. The van der Waals surface area contributed by atoms with Crippen molar-refractivity contribution in [2.75, 3.05) is 6.54 Å². The van der Waals surface area contributed by atoms with Gasteiger partial charge in [0.2, 0.25) is 0 Å². The highest BCUT2D eigenvalue weighted by Crippen LogP contribution is 2.24. The molecule has 1 N–H and O–H groups in total. The van der Waals surface area contributed by atoms with Gasteiger partial charge in [0.05, 0.1) is 0 Å². The molecule has 0 amide bonds. The van der Waals surface area contributed by atoms with Crippen LogP contribution < -0.4 is 10.1 Å². The molecule has 0 heterocycles. The molecule has 20 heavy (non-hydrogen) atoms. The number of halogens is 2. The summed E-state index contributed by atoms with van der Waals surface area (Å²) in [6.07, 6.45) is 0. The molecule has 0 aliphatic heterocycles. The van der Waals surface area contributed by atoms with Crippen molar-refractivity contribution in [2.45, 2.75) is 20.1 Å². The molecule has 0 aromatic heterocycles. The second-order valence-corrected chi connectivity index (χ2v) is 5.68. The van der Waals surface area contributed by atoms with E-state index in [1.807, 2.05) is 42.5 Å². The Morgan fingerprint density at radius 2 is 1.95 bits per heavy atom. The first kappa shape index (κ1) is 15.4. The molecule has 2 aromatic carbocycles. The van der Waals surface area contributed by atoms with Crippen LogP contribution in [0.3, 0.4) is 0 Å². The molecule has 0 saturated heterocycles. The van der Waals surface area contributed by atoms with Crippen molar-refractivity contribution in [3.05, 3.63) is 63.1 Å². The van der Waals surface area contributed by atoms with Gasteiger partial charge in [0, 0.05) is 21.6 Å². The van der Waals surface area contributed by atoms with Gasteiger partial charge in [0.1, 0.15) is 12.4 Å². The summed E-state index contributed by atoms with van der Waals surface area (Å²) in [5, 5.41) is 4.04. The first-order valence-electron chi connectivity index (χ1n) is 6.56. The third-order valence-electron chi connectivity index (χ3n) is 2.93. The van der Waals surface area contributed by atoms with Crippen LogP contribution in [0, 0.1) is 0 Å². The van der Waals surface area contributed by atoms with Crippen molar-refractivity contribution in [3.63, 3.8) is 0 Å². The fraction of sp³-hybridized carbons (Fsp3) is 0.250. The Balaban J connectivity index is 2.04. The van der Waals surface area contributed by atoms with E-state index in [2.05, 4.69) is 28.2 Å². The number of ether oxygens (including phenoxy) is 1. The van der Waals surface area contributed by atoms with Gasteiger partial charge in [-0.15, -0.1) is 0 Å². The molecule has 2 rings (SSSR count). The van der Waals surface area contributed by atoms with Gasteiger partial charge in [-0.2, -0.15) is 0 Å². The van der Waals surface area contributed by atoms with Crippen LogP contribution >= 0.6 is 27.5 Å². The lowest BCUT2D eigenvalue weighted by molar-refractivity contribution is 0.306. The minimum absolute atomic E-state index is 0.474. The van der Waals surface area contributed by atoms with Gasteiger partial charge >= 0.3 is 0 Å². The van der Waals surface area contributed by atoms with Crippen LogP contribution in [-0.2, 0) is 13.2 Å². The maximum atomic E-state index is 6.12. The largest absolute Gasteiger partial charge is 0.489 e. The molecular formula is C16H17BrClNO. The lowest BCUT2D eigenvalue weighted by atomic mass is 10.2. The van der Waals surface area contributed by atoms with Crippen LogP contribution in [0.1, 0.15) is 18.1 Å². The summed E-state index contributed by atoms with van der Waals surface area (Å²) in [6, 6.07) is 13.7. The van der Waals surface area contributed by atoms with Gasteiger partial charge in [-0.05, 0) is 36.4 Å². The van der Waals surface area contributed by atoms with E-state index in [1.54, 1.807) is 0 Å². The summed E-state index contributed by atoms with van der Waals surface area (Å²) in [5.41, 5.74) is 2.17. The Kier molecular flexibility index (Phi) is 5.89. The van der Waals surface area contributed by atoms with E-state index < -0.39 is 0 Å². The molecule has 4 heteroatoms. The van der Waals surface area contributed by atoms with Crippen LogP contribution in [0.4, 0.5) is 0 Å². The number of hydrogen-bond acceptors (Lipinski definition) is 2. The molecule has 0 aliphatic rings. The number of rotatable bonds is 6. The molecule has 106 valence electrons. The van der Waals surface area contributed by atoms with Crippen LogP contribution in [0.25, 0.3) is 0 Å². The van der Waals surface area contributed by atoms with Crippen molar-refractivity contribution in [2.24, 2.45) is 0 Å². The Hall–Kier alpha value is -1.03. The van der Waals surface area contributed by atoms with Gasteiger partial charge in [-0.3, -0.25) is 0 Å². The van der Waals surface area contributed by atoms with Gasteiger partial charge in [0.15, 0.2) is 0 Å². The average Bonchev–Trinajstić information content (AvgIpc) is 2.46. The summed E-state index contributed by atoms with van der Waals surface area (Å²) < 4.78 is 6.90. The van der Waals surface area contributed by atoms with Gasteiger partial charge in [-0.25, -0.2) is 0 Å². The third kappa shape index (κ3) is 4.23. The number of benzene rings is 2. The monoisotopic (exact) mass is 353 g/mol. The molecule has 0 spiro atoms. The van der Waals surface area contributed by atoms with Crippen molar-refractivity contribution in [1.29, 1.82) is 0 Å². The van der Waals surface area contributed by atoms with E-state index in [4.69, 9.17) is 16.3 Å². The molecule has 0 aliphatic carbocycles. The zero-order valence-corrected chi connectivity index (χ0v) is 13.7. The highest BCUT2D eigenvalue weighted by molar-refractivity contribution is 9.10. The second-order valence-electron chi connectivity index (χ2n) is 4.41. The second kappa shape index (κ2) is 7.67. The molecule has 0 unspecified atom stereocenters. The first-order valence-corrected chi connectivity index (χ1v) is 7.73. The lowest BCUT2D eigenvalue weighted by Gasteiger charge is -2.11. The van der Waals surface area contributed by atoms with Crippen LogP contribution in [-0.4, -0.2) is 6.54 Å². The van der Waals surface area contributed by atoms with E-state index in [1.165, 1.54) is 5.56 Å². The maximum Gasteiger partial charge on any atom is 0.120 e. The Labute approximate surface area is 133 Å². The molecule has 0 fully saturated rings. The molecule has 0 saturated carbocycles. The summed E-state index contributed by atoms with van der Waals surface area (Å²) in [5.74, 6) is 0.848. The summed E-state index contributed by atoms with van der Waals surface area (Å²) in [7, 11) is 0. The van der Waals surface area contributed by atoms with Crippen molar-refractivity contribution >= 4 is 27.5 Å². The van der Waals surface area contributed by atoms with E-state index in [0.717, 1.165) is 33.9 Å². The fourth-order valence-electron chi connectivity index (χ4n) is 1.81. The van der Waals surface area contributed by atoms with Gasteiger partial charge < -0.3 is 10.1 Å². The minimum atomic E-state index is 0.474. The topological polar surface area (TPSA) is 21.3 Å². The quantitative estimate of drug-likeness (QED) is 0.805. The lowest BCUT2D eigenvalue weighted by Crippen LogP contribution is -2.12. The van der Waals surface area contributed by atoms with Gasteiger partial charge in [-0.1, -0.05) is 52.7 Å². The van der Waals surface area contributed by atoms with Crippen LogP contribution in [0.5, 0.6) is 5.75 Å². The molecule has 2 nitrogen and oxygen atoms in total. The summed E-state index contributed by atoms with van der Waals surface area (Å²) in [6.45, 7) is 4.32. The summed E-state index contributed by atoms with van der Waals surface area (Å²) in [4.78, 5) is 0. The van der Waals surface area contributed by atoms with E-state index in [9.17, 15) is 0 Å². The van der Waals surface area contributed by atoms with Gasteiger partial charge in [0.25, 0.3) is 0 Å². The predicted molar refractivity (Wildman–Crippen MR) is 87.3 cm³/mol. The average molecular weight is 355 g/mol. The Morgan fingerprint density at radius 3 is 2.70 bits per heavy atom. The third-order valence-corrected chi connectivity index (χ3v) is 4.08. The highest BCUT2D eigenvalue weighted by Gasteiger charge is 2.04. The summed E-state index contributed by atoms with van der Waals surface area (Å²) >= 11 is 9.67. The fourth-order valence-corrected chi connectivity index (χ4v) is 2.39. The standard InChI is InChI=1S/C16H17BrClNO/c1-2-19-10-13-9-14(7-8-15(13)17)20-11-12-5-3-4-6-16(12)18/h3-9,19H,2,10-11H2,1H3. The Bertz CT molecular complexity index is 574. The zero-order valence-electron chi connectivity index (χ0n) is 11.3. The van der Waals surface area contributed by atoms with E-state index >= 15 is 0 Å².